The van der Waals surface area contributed by atoms with Crippen LogP contribution >= 0.6 is 11.8 Å². The average Bonchev–Trinajstić information content (AvgIpc) is 2.51. The lowest BCUT2D eigenvalue weighted by Gasteiger charge is -2.60. The van der Waals surface area contributed by atoms with Gasteiger partial charge in [0.2, 0.25) is 0 Å². The van der Waals surface area contributed by atoms with E-state index >= 15 is 0 Å². The topological polar surface area (TPSA) is 21.3 Å². The van der Waals surface area contributed by atoms with Crippen molar-refractivity contribution in [2.24, 2.45) is 11.3 Å². The summed E-state index contributed by atoms with van der Waals surface area (Å²) in [7, 11) is 0. The number of thioether (sulfide) groups is 1. The smallest absolute Gasteiger partial charge is 0.0693 e. The second-order valence-electron chi connectivity index (χ2n) is 6.64. The number of benzene rings is 1. The molecule has 0 amide bonds. The molecule has 114 valence electrons. The summed E-state index contributed by atoms with van der Waals surface area (Å²) in [6.07, 6.45) is 4.87. The molecule has 1 aromatic rings. The van der Waals surface area contributed by atoms with Crippen LogP contribution in [0.15, 0.2) is 41.8 Å². The molecule has 2 fully saturated rings. The van der Waals surface area contributed by atoms with Crippen LogP contribution in [0.1, 0.15) is 26.7 Å². The van der Waals surface area contributed by atoms with Crippen molar-refractivity contribution in [2.45, 2.75) is 43.7 Å². The first-order valence-corrected chi connectivity index (χ1v) is 8.84. The van der Waals surface area contributed by atoms with Crippen molar-refractivity contribution in [2.75, 3.05) is 17.7 Å². The zero-order valence-electron chi connectivity index (χ0n) is 13.0. The fraction of sp³-hybridized carbons (Fsp3) is 0.556. The van der Waals surface area contributed by atoms with Gasteiger partial charge in [-0.3, -0.25) is 0 Å². The Labute approximate surface area is 132 Å². The Bertz CT molecular complexity index is 514. The van der Waals surface area contributed by atoms with Crippen LogP contribution in [-0.2, 0) is 4.74 Å². The van der Waals surface area contributed by atoms with Crippen LogP contribution < -0.4 is 5.32 Å². The van der Waals surface area contributed by atoms with E-state index in [1.54, 1.807) is 0 Å². The first kappa shape index (κ1) is 15.0. The number of nitrogens with one attached hydrogen (secondary N) is 1. The number of hydrogen-bond donors (Lipinski definition) is 1. The molecule has 1 heterocycles. The van der Waals surface area contributed by atoms with E-state index in [4.69, 9.17) is 4.74 Å². The summed E-state index contributed by atoms with van der Waals surface area (Å²) >= 11 is 1.84. The van der Waals surface area contributed by atoms with E-state index in [1.807, 2.05) is 17.8 Å². The third kappa shape index (κ3) is 2.74. The Hall–Kier alpha value is -0.930. The number of hydrogen-bond acceptors (Lipinski definition) is 3. The van der Waals surface area contributed by atoms with Crippen molar-refractivity contribution in [3.63, 3.8) is 0 Å². The van der Waals surface area contributed by atoms with Gasteiger partial charge in [0.15, 0.2) is 0 Å². The molecule has 2 nitrogen and oxygen atoms in total. The minimum atomic E-state index is 0.210. The number of rotatable bonds is 5. The molecule has 3 heteroatoms. The third-order valence-electron chi connectivity index (χ3n) is 4.89. The predicted molar refractivity (Wildman–Crippen MR) is 91.0 cm³/mol. The SMILES string of the molecule is C=CCSc1ccccc1NC1C2CCCOC2C1(C)C. The largest absolute Gasteiger partial charge is 0.380 e. The van der Waals surface area contributed by atoms with E-state index in [2.05, 4.69) is 50.0 Å². The van der Waals surface area contributed by atoms with E-state index in [-0.39, 0.29) is 5.41 Å². The molecule has 1 aliphatic heterocycles. The molecule has 1 aliphatic carbocycles. The number of anilines is 1. The Morgan fingerprint density at radius 1 is 1.43 bits per heavy atom. The van der Waals surface area contributed by atoms with Crippen LogP contribution in [0, 0.1) is 11.3 Å². The molecule has 3 unspecified atom stereocenters. The first-order valence-electron chi connectivity index (χ1n) is 7.85. The maximum Gasteiger partial charge on any atom is 0.0693 e. The minimum absolute atomic E-state index is 0.210. The fourth-order valence-electron chi connectivity index (χ4n) is 3.84. The lowest BCUT2D eigenvalue weighted by atomic mass is 9.55. The normalized spacial score (nSPS) is 30.1. The molecule has 1 saturated heterocycles. The van der Waals surface area contributed by atoms with Crippen LogP contribution in [0.4, 0.5) is 5.69 Å². The molecule has 0 radical (unpaired) electrons. The summed E-state index contributed by atoms with van der Waals surface area (Å²) in [4.78, 5) is 1.31. The van der Waals surface area contributed by atoms with Gasteiger partial charge in [-0.25, -0.2) is 0 Å². The molecule has 2 aliphatic rings. The van der Waals surface area contributed by atoms with Gasteiger partial charge < -0.3 is 10.1 Å². The zero-order valence-corrected chi connectivity index (χ0v) is 13.8. The van der Waals surface area contributed by atoms with Gasteiger partial charge in [-0.2, -0.15) is 0 Å². The van der Waals surface area contributed by atoms with Crippen molar-refractivity contribution in [1.82, 2.24) is 0 Å². The van der Waals surface area contributed by atoms with E-state index in [0.717, 1.165) is 12.4 Å². The second kappa shape index (κ2) is 6.05. The average molecular weight is 303 g/mol. The van der Waals surface area contributed by atoms with Crippen LogP contribution in [0.3, 0.4) is 0 Å². The van der Waals surface area contributed by atoms with Crippen LogP contribution in [0.5, 0.6) is 0 Å². The molecular weight excluding hydrogens is 278 g/mol. The van der Waals surface area contributed by atoms with E-state index in [0.29, 0.717) is 18.1 Å². The number of fused-ring (bicyclic) bond motifs is 1. The van der Waals surface area contributed by atoms with Crippen molar-refractivity contribution in [1.29, 1.82) is 0 Å². The van der Waals surface area contributed by atoms with Crippen LogP contribution in [0.25, 0.3) is 0 Å². The molecule has 0 bridgehead atoms. The van der Waals surface area contributed by atoms with Gasteiger partial charge in [0.25, 0.3) is 0 Å². The third-order valence-corrected chi connectivity index (χ3v) is 5.96. The standard InChI is InChI=1S/C18H25NOS/c1-4-12-21-15-10-6-5-9-14(15)19-16-13-8-7-11-20-17(13)18(16,2)3/h4-6,9-10,13,16-17,19H,1,7-8,11-12H2,2-3H3. The highest BCUT2D eigenvalue weighted by Gasteiger charge is 2.57. The molecule has 3 atom stereocenters. The van der Waals surface area contributed by atoms with Gasteiger partial charge in [-0.1, -0.05) is 32.1 Å². The summed E-state index contributed by atoms with van der Waals surface area (Å²) in [6.45, 7) is 9.41. The minimum Gasteiger partial charge on any atom is -0.380 e. The molecule has 0 spiro atoms. The predicted octanol–water partition coefficient (Wildman–Crippen LogP) is 4.58. The monoisotopic (exact) mass is 303 g/mol. The molecule has 0 aromatic heterocycles. The summed E-state index contributed by atoms with van der Waals surface area (Å²) in [5, 5.41) is 3.81. The van der Waals surface area contributed by atoms with E-state index in [1.165, 1.54) is 23.4 Å². The van der Waals surface area contributed by atoms with Gasteiger partial charge in [0, 0.05) is 40.3 Å². The summed E-state index contributed by atoms with van der Waals surface area (Å²) in [5.41, 5.74) is 1.47. The summed E-state index contributed by atoms with van der Waals surface area (Å²) in [6, 6.07) is 9.11. The Morgan fingerprint density at radius 3 is 3.05 bits per heavy atom. The van der Waals surface area contributed by atoms with Gasteiger partial charge in [-0.05, 0) is 25.0 Å². The zero-order chi connectivity index (χ0) is 14.9. The van der Waals surface area contributed by atoms with Crippen molar-refractivity contribution in [3.8, 4) is 0 Å². The molecule has 3 rings (SSSR count). The van der Waals surface area contributed by atoms with Gasteiger partial charge >= 0.3 is 0 Å². The Kier molecular flexibility index (Phi) is 4.32. The molecule has 1 saturated carbocycles. The lowest BCUT2D eigenvalue weighted by Crippen LogP contribution is -2.67. The fourth-order valence-corrected chi connectivity index (χ4v) is 4.60. The second-order valence-corrected chi connectivity index (χ2v) is 7.70. The van der Waals surface area contributed by atoms with Crippen LogP contribution in [0.2, 0.25) is 0 Å². The number of ether oxygens (including phenoxy) is 1. The Balaban J connectivity index is 1.75. The molecule has 1 N–H and O–H groups in total. The quantitative estimate of drug-likeness (QED) is 0.635. The van der Waals surface area contributed by atoms with Crippen molar-refractivity contribution in [3.05, 3.63) is 36.9 Å². The summed E-state index contributed by atoms with van der Waals surface area (Å²) < 4.78 is 6.00. The maximum atomic E-state index is 6.00. The van der Waals surface area contributed by atoms with Crippen molar-refractivity contribution < 1.29 is 4.74 Å². The number of para-hydroxylation sites is 1. The highest BCUT2D eigenvalue weighted by molar-refractivity contribution is 7.99. The highest BCUT2D eigenvalue weighted by Crippen LogP contribution is 2.52. The molecule has 1 aromatic carbocycles. The van der Waals surface area contributed by atoms with Gasteiger partial charge in [-0.15, -0.1) is 18.3 Å². The van der Waals surface area contributed by atoms with Crippen molar-refractivity contribution >= 4 is 17.4 Å². The molecule has 21 heavy (non-hydrogen) atoms. The first-order chi connectivity index (χ1) is 10.1. The van der Waals surface area contributed by atoms with E-state index < -0.39 is 0 Å². The summed E-state index contributed by atoms with van der Waals surface area (Å²) in [5.74, 6) is 1.60. The van der Waals surface area contributed by atoms with E-state index in [9.17, 15) is 0 Å². The van der Waals surface area contributed by atoms with Gasteiger partial charge in [0.1, 0.15) is 0 Å². The molecular formula is C18H25NOS. The maximum absolute atomic E-state index is 6.00. The Morgan fingerprint density at radius 2 is 2.24 bits per heavy atom. The van der Waals surface area contributed by atoms with Gasteiger partial charge in [0.05, 0.1) is 6.10 Å². The lowest BCUT2D eigenvalue weighted by molar-refractivity contribution is -0.177. The highest BCUT2D eigenvalue weighted by atomic mass is 32.2. The van der Waals surface area contributed by atoms with Crippen LogP contribution in [-0.4, -0.2) is 24.5 Å².